The van der Waals surface area contributed by atoms with Crippen molar-refractivity contribution in [1.82, 2.24) is 30.0 Å². The molecular weight excluding hydrogens is 365 g/mol. The summed E-state index contributed by atoms with van der Waals surface area (Å²) in [4.78, 5) is 0.802. The first-order valence-electron chi connectivity index (χ1n) is 6.35. The lowest BCUT2D eigenvalue weighted by Crippen LogP contribution is -2.12. The van der Waals surface area contributed by atoms with E-state index in [-0.39, 0.29) is 15.9 Å². The van der Waals surface area contributed by atoms with Gasteiger partial charge in [0.05, 0.1) is 4.88 Å². The molecule has 4 rings (SSSR count). The summed E-state index contributed by atoms with van der Waals surface area (Å²) in [7, 11) is 0. The molecule has 0 amide bonds. The molecule has 7 nitrogen and oxygen atoms in total. The minimum absolute atomic E-state index is 0.00326. The molecule has 0 aromatic carbocycles. The first kappa shape index (κ1) is 15.1. The van der Waals surface area contributed by atoms with Gasteiger partial charge in [0.15, 0.2) is 5.65 Å². The van der Waals surface area contributed by atoms with E-state index in [9.17, 15) is 13.2 Å². The van der Waals surface area contributed by atoms with Gasteiger partial charge in [0.1, 0.15) is 5.03 Å². The quantitative estimate of drug-likeness (QED) is 0.546. The van der Waals surface area contributed by atoms with Crippen LogP contribution in [0.1, 0.15) is 5.82 Å². The second kappa shape index (κ2) is 5.56. The number of halogens is 3. The fraction of sp³-hybridized carbons (Fsp3) is 0.0833. The highest BCUT2D eigenvalue weighted by molar-refractivity contribution is 7.99. The lowest BCUT2D eigenvalue weighted by Gasteiger charge is -2.03. The lowest BCUT2D eigenvalue weighted by molar-refractivity contribution is -0.146. The highest BCUT2D eigenvalue weighted by Crippen LogP contribution is 2.31. The average Bonchev–Trinajstić information content (AvgIpc) is 3.26. The molecule has 0 aliphatic carbocycles. The molecule has 4 aromatic rings. The smallest absolute Gasteiger partial charge is 0.410 e. The van der Waals surface area contributed by atoms with Crippen molar-refractivity contribution in [2.75, 3.05) is 0 Å². The molecule has 0 spiro atoms. The van der Waals surface area contributed by atoms with Gasteiger partial charge in [-0.15, -0.1) is 31.7 Å². The summed E-state index contributed by atoms with van der Waals surface area (Å²) in [6.45, 7) is 0. The first-order chi connectivity index (χ1) is 11.5. The minimum atomic E-state index is -4.65. The van der Waals surface area contributed by atoms with Crippen LogP contribution in [0.15, 0.2) is 44.3 Å². The van der Waals surface area contributed by atoms with Crippen molar-refractivity contribution in [3.8, 4) is 10.8 Å². The summed E-state index contributed by atoms with van der Waals surface area (Å²) in [6, 6.07) is 6.55. The molecule has 0 unspecified atom stereocenters. The van der Waals surface area contributed by atoms with Crippen LogP contribution in [-0.2, 0) is 6.18 Å². The number of nitrogens with zero attached hydrogens (tertiary/aromatic N) is 6. The zero-order valence-corrected chi connectivity index (χ0v) is 13.1. The molecule has 0 bridgehead atoms. The molecule has 0 fully saturated rings. The fourth-order valence-corrected chi connectivity index (χ4v) is 3.13. The maximum Gasteiger partial charge on any atom is 0.453 e. The van der Waals surface area contributed by atoms with Gasteiger partial charge >= 0.3 is 6.18 Å². The van der Waals surface area contributed by atoms with Crippen molar-refractivity contribution in [2.24, 2.45) is 0 Å². The average molecular weight is 370 g/mol. The second-order valence-corrected chi connectivity index (χ2v) is 6.33. The minimum Gasteiger partial charge on any atom is -0.410 e. The van der Waals surface area contributed by atoms with Crippen molar-refractivity contribution in [2.45, 2.75) is 16.4 Å². The van der Waals surface area contributed by atoms with Gasteiger partial charge in [-0.2, -0.15) is 22.8 Å². The van der Waals surface area contributed by atoms with Crippen LogP contribution in [0, 0.1) is 0 Å². The Morgan fingerprint density at radius 2 is 1.96 bits per heavy atom. The zero-order valence-electron chi connectivity index (χ0n) is 11.4. The van der Waals surface area contributed by atoms with Gasteiger partial charge in [0.25, 0.3) is 16.9 Å². The van der Waals surface area contributed by atoms with Crippen molar-refractivity contribution < 1.29 is 17.6 Å². The third kappa shape index (κ3) is 2.73. The second-order valence-electron chi connectivity index (χ2n) is 4.42. The molecule has 24 heavy (non-hydrogen) atoms. The summed E-state index contributed by atoms with van der Waals surface area (Å²) in [5, 5.41) is 20.5. The van der Waals surface area contributed by atoms with Gasteiger partial charge in [-0.1, -0.05) is 6.07 Å². The predicted octanol–water partition coefficient (Wildman–Crippen LogP) is 3.41. The molecule has 122 valence electrons. The largest absolute Gasteiger partial charge is 0.453 e. The van der Waals surface area contributed by atoms with Crippen LogP contribution in [0.4, 0.5) is 13.2 Å². The monoisotopic (exact) mass is 370 g/mol. The van der Waals surface area contributed by atoms with Crippen LogP contribution in [0.2, 0.25) is 0 Å². The number of rotatable bonds is 3. The van der Waals surface area contributed by atoms with Crippen molar-refractivity contribution in [3.63, 3.8) is 0 Å². The Morgan fingerprint density at radius 1 is 1.08 bits per heavy atom. The number of thiophene rings is 1. The van der Waals surface area contributed by atoms with E-state index < -0.39 is 12.0 Å². The third-order valence-corrected chi connectivity index (χ3v) is 4.45. The van der Waals surface area contributed by atoms with E-state index in [0.717, 1.165) is 16.6 Å². The van der Waals surface area contributed by atoms with Gasteiger partial charge in [-0.05, 0) is 35.3 Å². The van der Waals surface area contributed by atoms with Crippen molar-refractivity contribution >= 4 is 28.7 Å². The van der Waals surface area contributed by atoms with Crippen molar-refractivity contribution in [1.29, 1.82) is 0 Å². The Morgan fingerprint density at radius 3 is 2.71 bits per heavy atom. The molecule has 4 heterocycles. The van der Waals surface area contributed by atoms with E-state index in [0.29, 0.717) is 10.4 Å². The van der Waals surface area contributed by atoms with E-state index in [2.05, 4.69) is 25.5 Å². The predicted molar refractivity (Wildman–Crippen MR) is 77.5 cm³/mol. The highest BCUT2D eigenvalue weighted by Gasteiger charge is 2.37. The Bertz CT molecular complexity index is 994. The molecule has 0 aliphatic heterocycles. The van der Waals surface area contributed by atoms with Crippen LogP contribution in [0.3, 0.4) is 0 Å². The number of aromatic nitrogens is 6. The van der Waals surface area contributed by atoms with Crippen LogP contribution >= 0.6 is 23.1 Å². The molecule has 12 heteroatoms. The topological polar surface area (TPSA) is 82.0 Å². The number of hydrogen-bond acceptors (Lipinski definition) is 8. The molecule has 4 aromatic heterocycles. The van der Waals surface area contributed by atoms with Crippen molar-refractivity contribution in [3.05, 3.63) is 35.5 Å². The standard InChI is InChI=1S/C12H5F3N6OS2/c13-12(14,15)10-18-16-7-3-4-8(20-21(7)10)24-11-19-17-9(22-11)6-2-1-5-23-6/h1-5H. The first-order valence-corrected chi connectivity index (χ1v) is 8.05. The molecule has 0 atom stereocenters. The number of hydrogen-bond donors (Lipinski definition) is 0. The summed E-state index contributed by atoms with van der Waals surface area (Å²) in [6.07, 6.45) is -4.65. The molecule has 0 radical (unpaired) electrons. The maximum atomic E-state index is 12.9. The molecule has 0 N–H and O–H groups in total. The van der Waals surface area contributed by atoms with Gasteiger partial charge in [0, 0.05) is 0 Å². The Balaban J connectivity index is 1.65. The van der Waals surface area contributed by atoms with E-state index in [1.165, 1.54) is 23.5 Å². The highest BCUT2D eigenvalue weighted by atomic mass is 32.2. The fourth-order valence-electron chi connectivity index (χ4n) is 1.84. The van der Waals surface area contributed by atoms with Crippen LogP contribution in [0.5, 0.6) is 0 Å². The van der Waals surface area contributed by atoms with E-state index in [1.54, 1.807) is 0 Å². The number of fused-ring (bicyclic) bond motifs is 1. The number of alkyl halides is 3. The van der Waals surface area contributed by atoms with Crippen LogP contribution in [0.25, 0.3) is 16.4 Å². The molecular formula is C12H5F3N6OS2. The Labute approximate surface area is 139 Å². The third-order valence-electron chi connectivity index (χ3n) is 2.82. The SMILES string of the molecule is FC(F)(F)c1nnc2ccc(Sc3nnc(-c4cccs4)o3)nn12. The lowest BCUT2D eigenvalue weighted by atomic mass is 10.5. The van der Waals surface area contributed by atoms with E-state index >= 15 is 0 Å². The summed E-state index contributed by atoms with van der Waals surface area (Å²) >= 11 is 2.39. The van der Waals surface area contributed by atoms with Crippen LogP contribution in [-0.4, -0.2) is 30.0 Å². The van der Waals surface area contributed by atoms with Gasteiger partial charge in [0.2, 0.25) is 0 Å². The summed E-state index contributed by atoms with van der Waals surface area (Å²) < 4.78 is 44.7. The van der Waals surface area contributed by atoms with Gasteiger partial charge < -0.3 is 4.42 Å². The Hall–Kier alpha value is -2.47. The Kier molecular flexibility index (Phi) is 3.49. The van der Waals surface area contributed by atoms with E-state index in [4.69, 9.17) is 4.42 Å². The van der Waals surface area contributed by atoms with E-state index in [1.807, 2.05) is 17.5 Å². The molecule has 0 saturated carbocycles. The summed E-state index contributed by atoms with van der Waals surface area (Å²) in [5.74, 6) is -0.849. The zero-order chi connectivity index (χ0) is 16.7. The van der Waals surface area contributed by atoms with Gasteiger partial charge in [-0.25, -0.2) is 0 Å². The molecule has 0 aliphatic rings. The maximum absolute atomic E-state index is 12.9. The van der Waals surface area contributed by atoms with Gasteiger partial charge in [-0.3, -0.25) is 0 Å². The summed E-state index contributed by atoms with van der Waals surface area (Å²) in [5.41, 5.74) is -0.00326. The van der Waals surface area contributed by atoms with Crippen LogP contribution < -0.4 is 0 Å². The molecule has 0 saturated heterocycles. The normalized spacial score (nSPS) is 12.1.